The molecule has 0 saturated carbocycles. The Morgan fingerprint density at radius 3 is 2.70 bits per heavy atom. The van der Waals surface area contributed by atoms with E-state index in [0.717, 1.165) is 20.0 Å². The first-order chi connectivity index (χ1) is 10.7. The van der Waals surface area contributed by atoms with Crippen LogP contribution in [-0.4, -0.2) is 33.8 Å². The fraction of sp³-hybridized carbons (Fsp3) is 0.375. The number of aliphatic carboxylic acids is 1. The molecule has 1 amide bonds. The number of amides is 1. The van der Waals surface area contributed by atoms with Crippen molar-refractivity contribution in [3.63, 3.8) is 0 Å². The Morgan fingerprint density at radius 2 is 2.09 bits per heavy atom. The van der Waals surface area contributed by atoms with Gasteiger partial charge in [-0.25, -0.2) is 9.59 Å². The third-order valence-electron chi connectivity index (χ3n) is 3.14. The molecule has 23 heavy (non-hydrogen) atoms. The Balaban J connectivity index is 2.17. The number of alkyl carbamates (subject to hydrolysis) is 1. The number of H-pyrrole nitrogens is 1. The van der Waals surface area contributed by atoms with Gasteiger partial charge in [-0.3, -0.25) is 0 Å². The van der Waals surface area contributed by atoms with Gasteiger partial charge < -0.3 is 20.1 Å². The second kappa shape index (κ2) is 6.77. The standard InChI is InChI=1S/C16H19IN2O4/c1-16(2,3)23-15(22)19-13(14(20)21)6-9-8-18-12-5-4-10(17)7-11(9)12/h4-5,7-8,13,18H,6H2,1-3H3,(H,19,22)(H,20,21). The molecule has 6 nitrogen and oxygen atoms in total. The first kappa shape index (κ1) is 17.6. The van der Waals surface area contributed by atoms with E-state index in [1.165, 1.54) is 0 Å². The van der Waals surface area contributed by atoms with Crippen molar-refractivity contribution in [3.8, 4) is 0 Å². The highest BCUT2D eigenvalue weighted by atomic mass is 127. The summed E-state index contributed by atoms with van der Waals surface area (Å²) in [5.41, 5.74) is 1.09. The fourth-order valence-corrected chi connectivity index (χ4v) is 2.68. The van der Waals surface area contributed by atoms with Crippen LogP contribution in [0.3, 0.4) is 0 Å². The van der Waals surface area contributed by atoms with Crippen molar-refractivity contribution in [1.29, 1.82) is 0 Å². The molecule has 0 aliphatic carbocycles. The Morgan fingerprint density at radius 1 is 1.39 bits per heavy atom. The second-order valence-electron chi connectivity index (χ2n) is 6.24. The number of carboxylic acid groups (broad SMARTS) is 1. The lowest BCUT2D eigenvalue weighted by atomic mass is 10.1. The summed E-state index contributed by atoms with van der Waals surface area (Å²) in [5.74, 6) is -1.10. The van der Waals surface area contributed by atoms with Crippen molar-refractivity contribution in [2.45, 2.75) is 38.8 Å². The highest BCUT2D eigenvalue weighted by Crippen LogP contribution is 2.22. The molecule has 0 aliphatic heterocycles. The van der Waals surface area contributed by atoms with Crippen molar-refractivity contribution in [2.75, 3.05) is 0 Å². The van der Waals surface area contributed by atoms with E-state index in [1.54, 1.807) is 27.0 Å². The molecule has 3 N–H and O–H groups in total. The molecule has 0 bridgehead atoms. The number of halogens is 1. The van der Waals surface area contributed by atoms with Crippen molar-refractivity contribution >= 4 is 45.6 Å². The summed E-state index contributed by atoms with van der Waals surface area (Å²) in [6, 6.07) is 4.84. The normalized spacial score (nSPS) is 12.9. The van der Waals surface area contributed by atoms with Crippen LogP contribution in [0.25, 0.3) is 10.9 Å². The summed E-state index contributed by atoms with van der Waals surface area (Å²) >= 11 is 2.20. The first-order valence-corrected chi connectivity index (χ1v) is 8.21. The van der Waals surface area contributed by atoms with E-state index in [2.05, 4.69) is 32.9 Å². The summed E-state index contributed by atoms with van der Waals surface area (Å²) in [4.78, 5) is 26.4. The molecular formula is C16H19IN2O4. The Kier molecular flexibility index (Phi) is 5.18. The lowest BCUT2D eigenvalue weighted by Crippen LogP contribution is -2.44. The molecule has 0 spiro atoms. The van der Waals surface area contributed by atoms with Crippen LogP contribution in [0.1, 0.15) is 26.3 Å². The molecule has 124 valence electrons. The molecule has 7 heteroatoms. The van der Waals surface area contributed by atoms with E-state index in [9.17, 15) is 14.7 Å². The van der Waals surface area contributed by atoms with Gasteiger partial charge >= 0.3 is 12.1 Å². The fourth-order valence-electron chi connectivity index (χ4n) is 2.19. The largest absolute Gasteiger partial charge is 0.480 e. The Hall–Kier alpha value is -1.77. The van der Waals surface area contributed by atoms with Gasteiger partial charge in [0.25, 0.3) is 0 Å². The topological polar surface area (TPSA) is 91.4 Å². The smallest absolute Gasteiger partial charge is 0.408 e. The number of benzene rings is 1. The predicted molar refractivity (Wildman–Crippen MR) is 95.5 cm³/mol. The number of ether oxygens (including phenoxy) is 1. The van der Waals surface area contributed by atoms with Crippen LogP contribution in [0.4, 0.5) is 4.79 Å². The number of fused-ring (bicyclic) bond motifs is 1. The van der Waals surface area contributed by atoms with E-state index < -0.39 is 23.7 Å². The number of rotatable bonds is 4. The highest BCUT2D eigenvalue weighted by Gasteiger charge is 2.25. The van der Waals surface area contributed by atoms with Crippen LogP contribution < -0.4 is 5.32 Å². The van der Waals surface area contributed by atoms with Gasteiger partial charge in [0.15, 0.2) is 0 Å². The van der Waals surface area contributed by atoms with Crippen molar-refractivity contribution in [1.82, 2.24) is 10.3 Å². The lowest BCUT2D eigenvalue weighted by Gasteiger charge is -2.22. The van der Waals surface area contributed by atoms with Gasteiger partial charge in [0.1, 0.15) is 11.6 Å². The molecule has 0 radical (unpaired) electrons. The van der Waals surface area contributed by atoms with E-state index in [4.69, 9.17) is 4.74 Å². The number of nitrogens with one attached hydrogen (secondary N) is 2. The average molecular weight is 430 g/mol. The third kappa shape index (κ3) is 4.85. The number of aromatic amines is 1. The van der Waals surface area contributed by atoms with E-state index in [1.807, 2.05) is 18.2 Å². The minimum atomic E-state index is -1.10. The number of carbonyl (C=O) groups is 2. The molecule has 1 aromatic carbocycles. The number of carbonyl (C=O) groups excluding carboxylic acids is 1. The van der Waals surface area contributed by atoms with Gasteiger partial charge in [-0.2, -0.15) is 0 Å². The van der Waals surface area contributed by atoms with Gasteiger partial charge in [0, 0.05) is 27.1 Å². The summed E-state index contributed by atoms with van der Waals surface area (Å²) in [6.45, 7) is 5.18. The van der Waals surface area contributed by atoms with Crippen molar-refractivity contribution in [3.05, 3.63) is 33.5 Å². The SMILES string of the molecule is CC(C)(C)OC(=O)NC(Cc1c[nH]c2ccc(I)cc12)C(=O)O. The summed E-state index contributed by atoms with van der Waals surface area (Å²) in [7, 11) is 0. The molecule has 1 aromatic heterocycles. The number of hydrogen-bond acceptors (Lipinski definition) is 3. The van der Waals surface area contributed by atoms with Crippen LogP contribution in [0.5, 0.6) is 0 Å². The number of carboxylic acids is 1. The van der Waals surface area contributed by atoms with E-state index >= 15 is 0 Å². The molecule has 0 aliphatic rings. The maximum absolute atomic E-state index is 11.8. The minimum absolute atomic E-state index is 0.175. The van der Waals surface area contributed by atoms with Gasteiger partial charge in [-0.1, -0.05) is 0 Å². The zero-order valence-corrected chi connectivity index (χ0v) is 15.3. The molecular weight excluding hydrogens is 411 g/mol. The van der Waals surface area contributed by atoms with Gasteiger partial charge in [-0.05, 0) is 67.1 Å². The maximum atomic E-state index is 11.8. The van der Waals surface area contributed by atoms with Crippen LogP contribution in [0.2, 0.25) is 0 Å². The Bertz CT molecular complexity index is 733. The molecule has 0 fully saturated rings. The minimum Gasteiger partial charge on any atom is -0.480 e. The summed E-state index contributed by atoms with van der Waals surface area (Å²) < 4.78 is 6.18. The van der Waals surface area contributed by atoms with Gasteiger partial charge in [-0.15, -0.1) is 0 Å². The molecule has 1 unspecified atom stereocenters. The number of aromatic nitrogens is 1. The van der Waals surface area contributed by atoms with Crippen LogP contribution in [-0.2, 0) is 16.0 Å². The monoisotopic (exact) mass is 430 g/mol. The second-order valence-corrected chi connectivity index (χ2v) is 7.49. The zero-order chi connectivity index (χ0) is 17.2. The quantitative estimate of drug-likeness (QED) is 0.650. The first-order valence-electron chi connectivity index (χ1n) is 7.13. The number of hydrogen-bond donors (Lipinski definition) is 3. The third-order valence-corrected chi connectivity index (χ3v) is 3.81. The molecule has 0 saturated heterocycles. The molecule has 2 aromatic rings. The lowest BCUT2D eigenvalue weighted by molar-refractivity contribution is -0.139. The van der Waals surface area contributed by atoms with E-state index in [-0.39, 0.29) is 6.42 Å². The molecule has 1 heterocycles. The van der Waals surface area contributed by atoms with Gasteiger partial charge in [0.05, 0.1) is 0 Å². The zero-order valence-electron chi connectivity index (χ0n) is 13.1. The van der Waals surface area contributed by atoms with Crippen LogP contribution >= 0.6 is 22.6 Å². The highest BCUT2D eigenvalue weighted by molar-refractivity contribution is 14.1. The van der Waals surface area contributed by atoms with Crippen molar-refractivity contribution < 1.29 is 19.4 Å². The molecule has 2 rings (SSSR count). The van der Waals surface area contributed by atoms with Crippen molar-refractivity contribution in [2.24, 2.45) is 0 Å². The summed E-state index contributed by atoms with van der Waals surface area (Å²) in [6.07, 6.45) is 1.21. The van der Waals surface area contributed by atoms with Crippen LogP contribution in [0.15, 0.2) is 24.4 Å². The van der Waals surface area contributed by atoms with Gasteiger partial charge in [0.2, 0.25) is 0 Å². The van der Waals surface area contributed by atoms with Crippen LogP contribution in [0, 0.1) is 3.57 Å². The average Bonchev–Trinajstić information content (AvgIpc) is 2.78. The van der Waals surface area contributed by atoms with E-state index in [0.29, 0.717) is 0 Å². The molecule has 1 atom stereocenters. The maximum Gasteiger partial charge on any atom is 0.408 e. The summed E-state index contributed by atoms with van der Waals surface area (Å²) in [5, 5.41) is 12.7. The predicted octanol–water partition coefficient (Wildman–Crippen LogP) is 3.29. The Labute approximate surface area is 147 Å².